The normalized spacial score (nSPS) is 20.8. The quantitative estimate of drug-likeness (QED) is 0.598. The molecule has 5 rings (SSSR count). The van der Waals surface area contributed by atoms with E-state index in [1.807, 2.05) is 24.0 Å². The average molecular weight is 523 g/mol. The molecule has 202 valence electrons. The number of carboxylic acids is 1. The first kappa shape index (κ1) is 27.0. The maximum absolute atomic E-state index is 12.6. The number of nitrogens with one attached hydrogen (secondary N) is 1. The third-order valence-corrected chi connectivity index (χ3v) is 7.19. The molecule has 2 aliphatic heterocycles. The van der Waals surface area contributed by atoms with Gasteiger partial charge in [-0.15, -0.1) is 0 Å². The molecule has 1 aromatic carbocycles. The zero-order valence-electron chi connectivity index (χ0n) is 20.8. The van der Waals surface area contributed by atoms with Crippen LogP contribution in [0.1, 0.15) is 55.6 Å². The van der Waals surface area contributed by atoms with Crippen LogP contribution in [0.3, 0.4) is 0 Å². The number of piperidine rings is 1. The molecular weight excluding hydrogens is 489 g/mol. The number of para-hydroxylation sites is 1. The zero-order valence-corrected chi connectivity index (χ0v) is 20.8. The van der Waals surface area contributed by atoms with Gasteiger partial charge >= 0.3 is 12.1 Å². The van der Waals surface area contributed by atoms with E-state index in [1.165, 1.54) is 24.0 Å². The number of nitrogens with zero attached hydrogens (tertiary/aromatic N) is 3. The van der Waals surface area contributed by atoms with Crippen LogP contribution >= 0.6 is 0 Å². The molecule has 0 bridgehead atoms. The van der Waals surface area contributed by atoms with Crippen molar-refractivity contribution in [3.8, 4) is 5.75 Å². The summed E-state index contributed by atoms with van der Waals surface area (Å²) in [4.78, 5) is 24.0. The Kier molecular flexibility index (Phi) is 8.11. The van der Waals surface area contributed by atoms with E-state index in [4.69, 9.17) is 14.6 Å². The Bertz CT molecular complexity index is 1090. The molecule has 1 saturated carbocycles. The predicted octanol–water partition coefficient (Wildman–Crippen LogP) is 3.87. The highest BCUT2D eigenvalue weighted by Gasteiger charge is 2.43. The molecular formula is C26H33F3N4O4. The Morgan fingerprint density at radius 2 is 1.89 bits per heavy atom. The SMILES string of the molecule is Cn1cc(CN2CCC3(CC2)CC(CC(=O)NCC2CC2)c2ccccc2O3)cn1.O=C(O)C(F)(F)F. The number of halogens is 3. The van der Waals surface area contributed by atoms with Crippen LogP contribution < -0.4 is 10.1 Å². The number of hydrogen-bond acceptors (Lipinski definition) is 5. The third-order valence-electron chi connectivity index (χ3n) is 7.19. The molecule has 2 fully saturated rings. The first-order valence-electron chi connectivity index (χ1n) is 12.6. The van der Waals surface area contributed by atoms with Crippen LogP contribution in [0.25, 0.3) is 0 Å². The minimum atomic E-state index is -5.08. The second-order valence-corrected chi connectivity index (χ2v) is 10.3. The summed E-state index contributed by atoms with van der Waals surface area (Å²) in [7, 11) is 1.96. The van der Waals surface area contributed by atoms with E-state index < -0.39 is 12.1 Å². The molecule has 2 aromatic rings. The van der Waals surface area contributed by atoms with E-state index in [0.29, 0.717) is 12.3 Å². The van der Waals surface area contributed by atoms with Gasteiger partial charge in [-0.25, -0.2) is 4.79 Å². The summed E-state index contributed by atoms with van der Waals surface area (Å²) in [6, 6.07) is 8.32. The largest absolute Gasteiger partial charge is 0.490 e. The summed E-state index contributed by atoms with van der Waals surface area (Å²) >= 11 is 0. The lowest BCUT2D eigenvalue weighted by Crippen LogP contribution is -2.50. The Morgan fingerprint density at radius 1 is 1.22 bits per heavy atom. The molecule has 0 radical (unpaired) electrons. The molecule has 1 aliphatic carbocycles. The lowest BCUT2D eigenvalue weighted by atomic mass is 9.76. The number of aryl methyl sites for hydroxylation is 1. The van der Waals surface area contributed by atoms with Gasteiger partial charge in [0.25, 0.3) is 0 Å². The highest BCUT2D eigenvalue weighted by atomic mass is 19.4. The molecule has 8 nitrogen and oxygen atoms in total. The van der Waals surface area contributed by atoms with Crippen molar-refractivity contribution >= 4 is 11.9 Å². The van der Waals surface area contributed by atoms with Crippen molar-refractivity contribution in [3.05, 3.63) is 47.8 Å². The van der Waals surface area contributed by atoms with E-state index in [2.05, 4.69) is 39.7 Å². The highest BCUT2D eigenvalue weighted by molar-refractivity contribution is 5.77. The first-order valence-corrected chi connectivity index (χ1v) is 12.6. The number of aromatic nitrogens is 2. The molecule has 3 heterocycles. The Morgan fingerprint density at radius 3 is 2.49 bits per heavy atom. The van der Waals surface area contributed by atoms with Crippen LogP contribution in [0.2, 0.25) is 0 Å². The standard InChI is InChI=1S/C24H32N4O2.C2HF3O2/c1-27-16-19(15-26-27)17-28-10-8-24(9-11-28)13-20(12-23(29)25-14-18-6-7-18)21-4-2-3-5-22(21)30-24;3-2(4,5)1(6)7/h2-5,15-16,18,20H,6-14,17H2,1H3,(H,25,29);(H,6,7). The number of fused-ring (bicyclic) bond motifs is 1. The number of aliphatic carboxylic acids is 1. The fraction of sp³-hybridized carbons (Fsp3) is 0.577. The van der Waals surface area contributed by atoms with Gasteiger partial charge in [0.05, 0.1) is 6.20 Å². The summed E-state index contributed by atoms with van der Waals surface area (Å²) in [6.07, 6.45) is 4.99. The fourth-order valence-corrected chi connectivity index (χ4v) is 5.04. The number of hydrogen-bond donors (Lipinski definition) is 2. The van der Waals surface area contributed by atoms with Crippen LogP contribution in [-0.4, -0.2) is 63.1 Å². The minimum absolute atomic E-state index is 0.152. The van der Waals surface area contributed by atoms with Crippen molar-refractivity contribution in [2.45, 2.75) is 62.8 Å². The number of carbonyl (C=O) groups excluding carboxylic acids is 1. The maximum Gasteiger partial charge on any atom is 0.490 e. The van der Waals surface area contributed by atoms with Gasteiger partial charge in [-0.1, -0.05) is 18.2 Å². The van der Waals surface area contributed by atoms with E-state index in [-0.39, 0.29) is 17.4 Å². The number of carbonyl (C=O) groups is 2. The first-order chi connectivity index (χ1) is 17.5. The second-order valence-electron chi connectivity index (χ2n) is 10.3. The van der Waals surface area contributed by atoms with Crippen molar-refractivity contribution in [1.29, 1.82) is 0 Å². The molecule has 2 N–H and O–H groups in total. The van der Waals surface area contributed by atoms with Gasteiger partial charge in [-0.2, -0.15) is 18.3 Å². The smallest absolute Gasteiger partial charge is 0.487 e. The van der Waals surface area contributed by atoms with E-state index in [1.54, 1.807) is 0 Å². The molecule has 1 aromatic heterocycles. The number of likely N-dealkylation sites (tertiary alicyclic amines) is 1. The van der Waals surface area contributed by atoms with Crippen molar-refractivity contribution in [2.75, 3.05) is 19.6 Å². The number of ether oxygens (including phenoxy) is 1. The lowest BCUT2D eigenvalue weighted by molar-refractivity contribution is -0.192. The Labute approximate surface area is 213 Å². The summed E-state index contributed by atoms with van der Waals surface area (Å²) < 4.78 is 40.2. The molecule has 37 heavy (non-hydrogen) atoms. The molecule has 1 saturated heterocycles. The third kappa shape index (κ3) is 7.47. The summed E-state index contributed by atoms with van der Waals surface area (Å²) in [5.74, 6) is -0.643. The van der Waals surface area contributed by atoms with Crippen LogP contribution in [-0.2, 0) is 23.2 Å². The van der Waals surface area contributed by atoms with E-state index in [9.17, 15) is 18.0 Å². The number of alkyl halides is 3. The topological polar surface area (TPSA) is 96.7 Å². The van der Waals surface area contributed by atoms with Gasteiger partial charge in [-0.05, 0) is 49.7 Å². The van der Waals surface area contributed by atoms with Gasteiger partial charge in [-0.3, -0.25) is 14.4 Å². The van der Waals surface area contributed by atoms with Crippen LogP contribution in [0.15, 0.2) is 36.7 Å². The van der Waals surface area contributed by atoms with Gasteiger partial charge in [0.1, 0.15) is 11.4 Å². The molecule has 1 atom stereocenters. The fourth-order valence-electron chi connectivity index (χ4n) is 5.04. The molecule has 11 heteroatoms. The lowest BCUT2D eigenvalue weighted by Gasteiger charge is -2.47. The van der Waals surface area contributed by atoms with Crippen LogP contribution in [0.5, 0.6) is 5.75 Å². The van der Waals surface area contributed by atoms with Crippen molar-refractivity contribution in [2.24, 2.45) is 13.0 Å². The van der Waals surface area contributed by atoms with Crippen molar-refractivity contribution in [1.82, 2.24) is 20.0 Å². The van der Waals surface area contributed by atoms with Crippen molar-refractivity contribution in [3.63, 3.8) is 0 Å². The van der Waals surface area contributed by atoms with E-state index >= 15 is 0 Å². The monoisotopic (exact) mass is 522 g/mol. The minimum Gasteiger partial charge on any atom is -0.487 e. The van der Waals surface area contributed by atoms with Gasteiger partial charge in [0.2, 0.25) is 5.91 Å². The summed E-state index contributed by atoms with van der Waals surface area (Å²) in [5.41, 5.74) is 2.30. The van der Waals surface area contributed by atoms with Gasteiger partial charge in [0.15, 0.2) is 0 Å². The molecule has 1 unspecified atom stereocenters. The number of benzene rings is 1. The van der Waals surface area contributed by atoms with E-state index in [0.717, 1.165) is 51.2 Å². The van der Waals surface area contributed by atoms with Gasteiger partial charge in [0, 0.05) is 57.3 Å². The summed E-state index contributed by atoms with van der Waals surface area (Å²) in [6.45, 7) is 3.81. The molecule has 1 amide bonds. The Balaban J connectivity index is 0.000000405. The van der Waals surface area contributed by atoms with Crippen LogP contribution in [0.4, 0.5) is 13.2 Å². The molecule has 3 aliphatic rings. The maximum atomic E-state index is 12.6. The number of carboxylic acid groups (broad SMARTS) is 1. The van der Waals surface area contributed by atoms with Crippen molar-refractivity contribution < 1.29 is 32.6 Å². The Hall–Kier alpha value is -3.08. The zero-order chi connectivity index (χ0) is 26.6. The highest BCUT2D eigenvalue weighted by Crippen LogP contribution is 2.46. The number of amides is 1. The molecule has 1 spiro atoms. The second kappa shape index (κ2) is 11.1. The predicted molar refractivity (Wildman–Crippen MR) is 129 cm³/mol. The number of rotatable bonds is 6. The van der Waals surface area contributed by atoms with Crippen LogP contribution in [0, 0.1) is 5.92 Å². The summed E-state index contributed by atoms with van der Waals surface area (Å²) in [5, 5.41) is 14.6. The van der Waals surface area contributed by atoms with Gasteiger partial charge < -0.3 is 15.2 Å². The average Bonchev–Trinajstić information content (AvgIpc) is 3.59.